The van der Waals surface area contributed by atoms with Gasteiger partial charge in [-0.2, -0.15) is 11.8 Å². The third-order valence-corrected chi connectivity index (χ3v) is 5.07. The molecule has 2 heterocycles. The van der Waals surface area contributed by atoms with Crippen LogP contribution in [0.2, 0.25) is 0 Å². The zero-order chi connectivity index (χ0) is 19.2. The quantitative estimate of drug-likeness (QED) is 0.791. The highest BCUT2D eigenvalue weighted by Gasteiger charge is 2.18. The molecule has 1 aromatic heterocycles. The number of methoxy groups -OCH3 is 1. The molecule has 2 N–H and O–H groups in total. The molecule has 27 heavy (non-hydrogen) atoms. The molecule has 1 aliphatic rings. The van der Waals surface area contributed by atoms with Crippen molar-refractivity contribution >= 4 is 35.0 Å². The number of thioether (sulfide) groups is 1. The average molecular weight is 387 g/mol. The number of hydrogen-bond donors (Lipinski definition) is 2. The molecule has 1 fully saturated rings. The molecule has 0 spiro atoms. The molecule has 7 nitrogen and oxygen atoms in total. The molecular weight excluding hydrogens is 366 g/mol. The first kappa shape index (κ1) is 19.0. The largest absolute Gasteiger partial charge is 0.495 e. The van der Waals surface area contributed by atoms with Crippen LogP contribution in [0.25, 0.3) is 0 Å². The molecule has 1 saturated heterocycles. The van der Waals surface area contributed by atoms with E-state index in [0.29, 0.717) is 28.6 Å². The first-order valence-corrected chi connectivity index (χ1v) is 9.68. The second-order valence-electron chi connectivity index (χ2n) is 6.04. The maximum absolute atomic E-state index is 12.7. The number of carbonyl (C=O) groups excluding carboxylic acids is 2. The number of benzene rings is 1. The highest BCUT2D eigenvalue weighted by Crippen LogP contribution is 2.29. The molecule has 1 unspecified atom stereocenters. The van der Waals surface area contributed by atoms with Crippen LogP contribution in [-0.2, 0) is 4.79 Å². The molecule has 0 bridgehead atoms. The number of nitrogens with zero attached hydrogens (tertiary/aromatic N) is 1. The van der Waals surface area contributed by atoms with Crippen LogP contribution in [0.3, 0.4) is 0 Å². The number of aromatic nitrogens is 1. The van der Waals surface area contributed by atoms with E-state index in [1.807, 2.05) is 11.8 Å². The normalized spacial score (nSPS) is 15.9. The van der Waals surface area contributed by atoms with Gasteiger partial charge in [0.2, 0.25) is 11.8 Å². The summed E-state index contributed by atoms with van der Waals surface area (Å²) in [4.78, 5) is 28.1. The van der Waals surface area contributed by atoms with E-state index in [0.717, 1.165) is 17.9 Å². The van der Waals surface area contributed by atoms with Gasteiger partial charge < -0.3 is 20.1 Å². The van der Waals surface area contributed by atoms with E-state index in [2.05, 4.69) is 15.6 Å². The van der Waals surface area contributed by atoms with Crippen LogP contribution >= 0.6 is 11.8 Å². The number of pyridine rings is 1. The minimum absolute atomic E-state index is 0.134. The van der Waals surface area contributed by atoms with Crippen LogP contribution in [0, 0.1) is 0 Å². The lowest BCUT2D eigenvalue weighted by Gasteiger charge is -2.14. The maximum atomic E-state index is 12.7. The smallest absolute Gasteiger partial charge is 0.256 e. The number of ether oxygens (including phenoxy) is 2. The summed E-state index contributed by atoms with van der Waals surface area (Å²) in [6.07, 6.45) is 2.67. The zero-order valence-electron chi connectivity index (χ0n) is 15.2. The lowest BCUT2D eigenvalue weighted by molar-refractivity contribution is -0.114. The third-order valence-electron chi connectivity index (χ3n) is 3.94. The fraction of sp³-hybridized carbons (Fsp3) is 0.316. The van der Waals surface area contributed by atoms with E-state index in [9.17, 15) is 9.59 Å². The van der Waals surface area contributed by atoms with Gasteiger partial charge in [-0.05, 0) is 36.4 Å². The Hall–Kier alpha value is -2.74. The zero-order valence-corrected chi connectivity index (χ0v) is 16.0. The van der Waals surface area contributed by atoms with Crippen molar-refractivity contribution in [1.82, 2.24) is 4.98 Å². The summed E-state index contributed by atoms with van der Waals surface area (Å²) in [7, 11) is 1.51. The van der Waals surface area contributed by atoms with E-state index in [1.54, 1.807) is 36.5 Å². The third kappa shape index (κ3) is 5.13. The molecule has 1 atom stereocenters. The second-order valence-corrected chi connectivity index (χ2v) is 7.19. The Bertz CT molecular complexity index is 837. The second kappa shape index (κ2) is 8.77. The Morgan fingerprint density at radius 2 is 2.07 bits per heavy atom. The van der Waals surface area contributed by atoms with Crippen molar-refractivity contribution in [1.29, 1.82) is 0 Å². The summed E-state index contributed by atoms with van der Waals surface area (Å²) >= 11 is 1.85. The molecule has 142 valence electrons. The van der Waals surface area contributed by atoms with Crippen LogP contribution in [0.15, 0.2) is 36.5 Å². The lowest BCUT2D eigenvalue weighted by atomic mass is 10.2. The Balaban J connectivity index is 1.75. The number of anilines is 2. The highest BCUT2D eigenvalue weighted by molar-refractivity contribution is 7.99. The molecule has 2 amide bonds. The van der Waals surface area contributed by atoms with Crippen LogP contribution in [-0.4, -0.2) is 41.5 Å². The van der Waals surface area contributed by atoms with Gasteiger partial charge in [0.25, 0.3) is 5.91 Å². The Labute approximate surface area is 161 Å². The van der Waals surface area contributed by atoms with E-state index < -0.39 is 0 Å². The molecule has 0 aliphatic carbocycles. The van der Waals surface area contributed by atoms with E-state index in [4.69, 9.17) is 9.47 Å². The first-order valence-electron chi connectivity index (χ1n) is 8.52. The summed E-state index contributed by atoms with van der Waals surface area (Å²) in [6, 6.07) is 8.28. The van der Waals surface area contributed by atoms with E-state index in [-0.39, 0.29) is 17.9 Å². The van der Waals surface area contributed by atoms with Crippen LogP contribution in [0.4, 0.5) is 11.4 Å². The van der Waals surface area contributed by atoms with Crippen molar-refractivity contribution in [3.8, 4) is 11.6 Å². The van der Waals surface area contributed by atoms with Gasteiger partial charge in [0.1, 0.15) is 11.9 Å². The Kier molecular flexibility index (Phi) is 6.18. The Morgan fingerprint density at radius 1 is 1.22 bits per heavy atom. The van der Waals surface area contributed by atoms with Gasteiger partial charge in [-0.3, -0.25) is 9.59 Å². The number of carbonyl (C=O) groups is 2. The van der Waals surface area contributed by atoms with Crippen molar-refractivity contribution in [2.24, 2.45) is 0 Å². The van der Waals surface area contributed by atoms with E-state index in [1.165, 1.54) is 14.0 Å². The molecule has 3 rings (SSSR count). The minimum Gasteiger partial charge on any atom is -0.495 e. The van der Waals surface area contributed by atoms with Gasteiger partial charge in [-0.15, -0.1) is 0 Å². The summed E-state index contributed by atoms with van der Waals surface area (Å²) < 4.78 is 11.1. The number of amides is 2. The van der Waals surface area contributed by atoms with Crippen LogP contribution in [0.1, 0.15) is 23.7 Å². The Morgan fingerprint density at radius 3 is 2.78 bits per heavy atom. The van der Waals surface area contributed by atoms with E-state index >= 15 is 0 Å². The monoisotopic (exact) mass is 387 g/mol. The SMILES string of the molecule is COc1ccc(NC(C)=O)cc1NC(=O)c1ccnc(OC2CCSC2)c1. The topological polar surface area (TPSA) is 89.6 Å². The highest BCUT2D eigenvalue weighted by atomic mass is 32.2. The molecule has 2 aromatic rings. The predicted molar refractivity (Wildman–Crippen MR) is 106 cm³/mol. The molecule has 8 heteroatoms. The summed E-state index contributed by atoms with van der Waals surface area (Å²) in [6.45, 7) is 1.42. The molecule has 0 radical (unpaired) electrons. The van der Waals surface area contributed by atoms with Crippen molar-refractivity contribution in [2.45, 2.75) is 19.4 Å². The average Bonchev–Trinajstić information content (AvgIpc) is 3.15. The minimum atomic E-state index is -0.318. The predicted octanol–water partition coefficient (Wildman–Crippen LogP) is 3.19. The molecule has 1 aliphatic heterocycles. The van der Waals surface area contributed by atoms with Crippen LogP contribution in [0.5, 0.6) is 11.6 Å². The maximum Gasteiger partial charge on any atom is 0.256 e. The summed E-state index contributed by atoms with van der Waals surface area (Å²) in [5, 5.41) is 5.49. The first-order chi connectivity index (χ1) is 13.0. The van der Waals surface area contributed by atoms with Gasteiger partial charge in [-0.25, -0.2) is 4.98 Å². The van der Waals surface area contributed by atoms with Crippen molar-refractivity contribution in [2.75, 3.05) is 29.2 Å². The van der Waals surface area contributed by atoms with Crippen LogP contribution < -0.4 is 20.1 Å². The standard InChI is InChI=1S/C19H21N3O4S/c1-12(23)21-14-3-4-17(25-2)16(10-14)22-19(24)13-5-7-20-18(9-13)26-15-6-8-27-11-15/h3-5,7,9-10,15H,6,8,11H2,1-2H3,(H,21,23)(H,22,24). The fourth-order valence-corrected chi connectivity index (χ4v) is 3.77. The molecule has 1 aromatic carbocycles. The number of hydrogen-bond acceptors (Lipinski definition) is 6. The fourth-order valence-electron chi connectivity index (χ4n) is 2.67. The molecule has 0 saturated carbocycles. The van der Waals surface area contributed by atoms with Gasteiger partial charge in [0, 0.05) is 36.2 Å². The molecular formula is C19H21N3O4S. The number of rotatable bonds is 6. The summed E-state index contributed by atoms with van der Waals surface area (Å²) in [5.74, 6) is 2.43. The van der Waals surface area contributed by atoms with Gasteiger partial charge in [-0.1, -0.05) is 0 Å². The van der Waals surface area contributed by atoms with Gasteiger partial charge >= 0.3 is 0 Å². The van der Waals surface area contributed by atoms with Gasteiger partial charge in [0.15, 0.2) is 0 Å². The van der Waals surface area contributed by atoms with Crippen molar-refractivity contribution in [3.05, 3.63) is 42.1 Å². The summed E-state index contributed by atoms with van der Waals surface area (Å²) in [5.41, 5.74) is 1.45. The lowest BCUT2D eigenvalue weighted by Crippen LogP contribution is -2.17. The van der Waals surface area contributed by atoms with Crippen molar-refractivity contribution in [3.63, 3.8) is 0 Å². The number of nitrogens with one attached hydrogen (secondary N) is 2. The van der Waals surface area contributed by atoms with Crippen molar-refractivity contribution < 1.29 is 19.1 Å². The van der Waals surface area contributed by atoms with Gasteiger partial charge in [0.05, 0.1) is 12.8 Å².